The molecule has 3 heterocycles. The fourth-order valence-electron chi connectivity index (χ4n) is 4.61. The molecule has 0 aliphatic carbocycles. The molecule has 3 fully saturated rings. The SMILES string of the molecule is COc1ccc(OC)c(C2CCCN2C(=O)CN2CCC3(CC2)OCCO3)c1. The van der Waals surface area contributed by atoms with Gasteiger partial charge in [-0.05, 0) is 31.0 Å². The molecule has 28 heavy (non-hydrogen) atoms. The summed E-state index contributed by atoms with van der Waals surface area (Å²) >= 11 is 0. The van der Waals surface area contributed by atoms with Crippen molar-refractivity contribution >= 4 is 5.91 Å². The Kier molecular flexibility index (Phi) is 5.75. The molecular formula is C21H30N2O5. The summed E-state index contributed by atoms with van der Waals surface area (Å²) < 4.78 is 22.5. The molecule has 1 spiro atoms. The van der Waals surface area contributed by atoms with Gasteiger partial charge in [-0.2, -0.15) is 0 Å². The van der Waals surface area contributed by atoms with Crippen LogP contribution in [0, 0.1) is 0 Å². The van der Waals surface area contributed by atoms with E-state index in [9.17, 15) is 4.79 Å². The third-order valence-electron chi connectivity index (χ3n) is 6.16. The molecule has 1 atom stereocenters. The number of hydrogen-bond acceptors (Lipinski definition) is 6. The van der Waals surface area contributed by atoms with Gasteiger partial charge in [0.2, 0.25) is 5.91 Å². The normalized spacial score (nSPS) is 24.6. The molecule has 154 valence electrons. The van der Waals surface area contributed by atoms with Crippen LogP contribution in [-0.4, -0.2) is 75.1 Å². The van der Waals surface area contributed by atoms with Crippen LogP contribution < -0.4 is 9.47 Å². The Labute approximate surface area is 166 Å². The molecule has 1 aromatic carbocycles. The van der Waals surface area contributed by atoms with Gasteiger partial charge in [-0.1, -0.05) is 0 Å². The Morgan fingerprint density at radius 2 is 1.89 bits per heavy atom. The summed E-state index contributed by atoms with van der Waals surface area (Å²) in [5.41, 5.74) is 1.03. The maximum absolute atomic E-state index is 13.1. The minimum absolute atomic E-state index is 0.0372. The van der Waals surface area contributed by atoms with Gasteiger partial charge in [0.1, 0.15) is 11.5 Å². The van der Waals surface area contributed by atoms with Crippen LogP contribution in [0.5, 0.6) is 11.5 Å². The first kappa shape index (κ1) is 19.5. The highest BCUT2D eigenvalue weighted by molar-refractivity contribution is 5.79. The minimum atomic E-state index is -0.399. The Morgan fingerprint density at radius 3 is 2.57 bits per heavy atom. The predicted octanol–water partition coefficient (Wildman–Crippen LogP) is 2.21. The molecule has 3 aliphatic heterocycles. The molecule has 1 aromatic rings. The first-order valence-corrected chi connectivity index (χ1v) is 10.2. The lowest BCUT2D eigenvalue weighted by Gasteiger charge is -2.38. The van der Waals surface area contributed by atoms with Crippen LogP contribution >= 0.6 is 0 Å². The Hall–Kier alpha value is -1.83. The number of carbonyl (C=O) groups is 1. The van der Waals surface area contributed by atoms with E-state index in [0.29, 0.717) is 19.8 Å². The van der Waals surface area contributed by atoms with E-state index in [2.05, 4.69) is 4.90 Å². The molecular weight excluding hydrogens is 360 g/mol. The zero-order valence-corrected chi connectivity index (χ0v) is 16.8. The third-order valence-corrected chi connectivity index (χ3v) is 6.16. The number of rotatable bonds is 5. The number of methoxy groups -OCH3 is 2. The van der Waals surface area contributed by atoms with E-state index in [1.54, 1.807) is 14.2 Å². The number of amides is 1. The molecule has 1 unspecified atom stereocenters. The summed E-state index contributed by atoms with van der Waals surface area (Å²) in [5.74, 6) is 1.37. The van der Waals surface area contributed by atoms with E-state index >= 15 is 0 Å². The maximum Gasteiger partial charge on any atom is 0.237 e. The van der Waals surface area contributed by atoms with E-state index in [-0.39, 0.29) is 11.9 Å². The van der Waals surface area contributed by atoms with Gasteiger partial charge < -0.3 is 23.8 Å². The van der Waals surface area contributed by atoms with Crippen LogP contribution in [0.15, 0.2) is 18.2 Å². The van der Waals surface area contributed by atoms with Gasteiger partial charge in [-0.3, -0.25) is 9.69 Å². The number of carbonyl (C=O) groups excluding carboxylic acids is 1. The van der Waals surface area contributed by atoms with Crippen molar-refractivity contribution in [2.45, 2.75) is 37.5 Å². The summed E-state index contributed by atoms with van der Waals surface area (Å²) in [6, 6.07) is 5.84. The molecule has 0 bridgehead atoms. The van der Waals surface area contributed by atoms with Crippen LogP contribution in [0.25, 0.3) is 0 Å². The second-order valence-corrected chi connectivity index (χ2v) is 7.74. The lowest BCUT2D eigenvalue weighted by molar-refractivity contribution is -0.186. The zero-order valence-electron chi connectivity index (χ0n) is 16.8. The van der Waals surface area contributed by atoms with Gasteiger partial charge in [0, 0.05) is 38.0 Å². The van der Waals surface area contributed by atoms with Crippen LogP contribution in [0.2, 0.25) is 0 Å². The average Bonchev–Trinajstić information content (AvgIpc) is 3.39. The second kappa shape index (κ2) is 8.27. The summed E-state index contributed by atoms with van der Waals surface area (Å²) in [5, 5.41) is 0. The van der Waals surface area contributed by atoms with Crippen molar-refractivity contribution in [3.05, 3.63) is 23.8 Å². The van der Waals surface area contributed by atoms with E-state index in [1.165, 1.54) is 0 Å². The van der Waals surface area contributed by atoms with Gasteiger partial charge in [0.15, 0.2) is 5.79 Å². The van der Waals surface area contributed by atoms with Gasteiger partial charge in [-0.15, -0.1) is 0 Å². The Morgan fingerprint density at radius 1 is 1.14 bits per heavy atom. The molecule has 7 heteroatoms. The van der Waals surface area contributed by atoms with Crippen LogP contribution in [-0.2, 0) is 14.3 Å². The molecule has 4 rings (SSSR count). The Bertz CT molecular complexity index is 694. The predicted molar refractivity (Wildman–Crippen MR) is 104 cm³/mol. The number of hydrogen-bond donors (Lipinski definition) is 0. The van der Waals surface area contributed by atoms with E-state index in [1.807, 2.05) is 23.1 Å². The standard InChI is InChI=1S/C21H30N2O5/c1-25-16-5-6-19(26-2)17(14-16)18-4-3-9-23(18)20(24)15-22-10-7-21(8-11-22)27-12-13-28-21/h5-6,14,18H,3-4,7-13,15H2,1-2H3. The second-order valence-electron chi connectivity index (χ2n) is 7.74. The highest BCUT2D eigenvalue weighted by Crippen LogP contribution is 2.39. The highest BCUT2D eigenvalue weighted by Gasteiger charge is 2.41. The van der Waals surface area contributed by atoms with Crippen molar-refractivity contribution in [3.63, 3.8) is 0 Å². The molecule has 1 amide bonds. The minimum Gasteiger partial charge on any atom is -0.497 e. The summed E-state index contributed by atoms with van der Waals surface area (Å²) in [6.07, 6.45) is 3.60. The first-order valence-electron chi connectivity index (χ1n) is 10.2. The van der Waals surface area contributed by atoms with Crippen molar-refractivity contribution < 1.29 is 23.7 Å². The molecule has 3 aliphatic rings. The van der Waals surface area contributed by atoms with Crippen molar-refractivity contribution in [1.82, 2.24) is 9.80 Å². The number of piperidine rings is 1. The average molecular weight is 390 g/mol. The lowest BCUT2D eigenvalue weighted by atomic mass is 10.0. The van der Waals surface area contributed by atoms with Gasteiger partial charge in [-0.25, -0.2) is 0 Å². The fourth-order valence-corrected chi connectivity index (χ4v) is 4.61. The maximum atomic E-state index is 13.1. The van der Waals surface area contributed by atoms with Gasteiger partial charge >= 0.3 is 0 Å². The van der Waals surface area contributed by atoms with Crippen LogP contribution in [0.1, 0.15) is 37.3 Å². The van der Waals surface area contributed by atoms with Gasteiger partial charge in [0.25, 0.3) is 0 Å². The van der Waals surface area contributed by atoms with Crippen molar-refractivity contribution in [2.75, 3.05) is 53.6 Å². The molecule has 7 nitrogen and oxygen atoms in total. The zero-order chi connectivity index (χ0) is 19.6. The molecule has 0 aromatic heterocycles. The van der Waals surface area contributed by atoms with Crippen molar-refractivity contribution in [2.24, 2.45) is 0 Å². The summed E-state index contributed by atoms with van der Waals surface area (Å²) in [7, 11) is 3.33. The smallest absolute Gasteiger partial charge is 0.237 e. The number of benzene rings is 1. The Balaban J connectivity index is 1.41. The topological polar surface area (TPSA) is 60.5 Å². The molecule has 3 saturated heterocycles. The summed E-state index contributed by atoms with van der Waals surface area (Å²) in [4.78, 5) is 17.3. The van der Waals surface area contributed by atoms with Gasteiger partial charge in [0.05, 0.1) is 40.0 Å². The van der Waals surface area contributed by atoms with E-state index in [4.69, 9.17) is 18.9 Å². The first-order chi connectivity index (χ1) is 13.6. The quantitative estimate of drug-likeness (QED) is 0.768. The summed E-state index contributed by atoms with van der Waals surface area (Å²) in [6.45, 7) is 4.24. The molecule has 0 radical (unpaired) electrons. The fraction of sp³-hybridized carbons (Fsp3) is 0.667. The monoisotopic (exact) mass is 390 g/mol. The number of nitrogens with zero attached hydrogens (tertiary/aromatic N) is 2. The van der Waals surface area contributed by atoms with Crippen LogP contribution in [0.4, 0.5) is 0 Å². The van der Waals surface area contributed by atoms with Crippen molar-refractivity contribution in [3.8, 4) is 11.5 Å². The van der Waals surface area contributed by atoms with Crippen LogP contribution in [0.3, 0.4) is 0 Å². The lowest BCUT2D eigenvalue weighted by Crippen LogP contribution is -2.48. The molecule has 0 N–H and O–H groups in total. The van der Waals surface area contributed by atoms with E-state index < -0.39 is 5.79 Å². The molecule has 0 saturated carbocycles. The highest BCUT2D eigenvalue weighted by atomic mass is 16.7. The van der Waals surface area contributed by atoms with E-state index in [0.717, 1.165) is 62.4 Å². The number of ether oxygens (including phenoxy) is 4. The largest absolute Gasteiger partial charge is 0.497 e. The third kappa shape index (κ3) is 3.83. The van der Waals surface area contributed by atoms with Crippen molar-refractivity contribution in [1.29, 1.82) is 0 Å². The number of likely N-dealkylation sites (tertiary alicyclic amines) is 2.